The summed E-state index contributed by atoms with van der Waals surface area (Å²) in [7, 11) is 0. The second kappa shape index (κ2) is 3.32. The molecule has 1 aromatic rings. The first-order valence-electron chi connectivity index (χ1n) is 4.76. The molecule has 0 atom stereocenters. The molecule has 0 saturated heterocycles. The molecule has 3 N–H and O–H groups in total. The Bertz CT molecular complexity index is 442. The Morgan fingerprint density at radius 3 is 2.79 bits per heavy atom. The fraction of sp³-hybridized carbons (Fsp3) is 0.556. The largest absolute Gasteiger partial charge is 0.393 e. The Morgan fingerprint density at radius 2 is 2.21 bits per heavy atom. The monoisotopic (exact) mass is 195 g/mol. The average molecular weight is 195 g/mol. The molecule has 14 heavy (non-hydrogen) atoms. The smallest absolute Gasteiger partial charge is 0.328 e. The van der Waals surface area contributed by atoms with Crippen molar-refractivity contribution in [1.29, 1.82) is 0 Å². The third-order valence-corrected chi connectivity index (χ3v) is 2.72. The van der Waals surface area contributed by atoms with Crippen molar-refractivity contribution in [3.8, 4) is 0 Å². The van der Waals surface area contributed by atoms with E-state index in [0.29, 0.717) is 12.5 Å². The van der Waals surface area contributed by atoms with Crippen LogP contribution in [0.25, 0.3) is 0 Å². The molecule has 0 spiro atoms. The van der Waals surface area contributed by atoms with Gasteiger partial charge in [0.25, 0.3) is 5.56 Å². The molecule has 1 saturated carbocycles. The Kier molecular flexibility index (Phi) is 2.15. The third kappa shape index (κ3) is 1.57. The number of hydrogen-bond acceptors (Lipinski definition) is 3. The molecule has 1 heterocycles. The van der Waals surface area contributed by atoms with Crippen LogP contribution in [0.5, 0.6) is 0 Å². The quantitative estimate of drug-likeness (QED) is 0.692. The van der Waals surface area contributed by atoms with E-state index in [2.05, 4.69) is 4.98 Å². The number of aromatic amines is 1. The zero-order chi connectivity index (χ0) is 10.1. The van der Waals surface area contributed by atoms with Gasteiger partial charge in [-0.05, 0) is 18.8 Å². The molecule has 5 nitrogen and oxygen atoms in total. The summed E-state index contributed by atoms with van der Waals surface area (Å²) in [6.45, 7) is 0.666. The Labute approximate surface area is 80.6 Å². The van der Waals surface area contributed by atoms with Crippen LogP contribution in [0.2, 0.25) is 0 Å². The van der Waals surface area contributed by atoms with Gasteiger partial charge >= 0.3 is 5.69 Å². The van der Waals surface area contributed by atoms with E-state index >= 15 is 0 Å². The van der Waals surface area contributed by atoms with Crippen LogP contribution in [0.3, 0.4) is 0 Å². The van der Waals surface area contributed by atoms with Gasteiger partial charge in [0.05, 0.1) is 0 Å². The maximum atomic E-state index is 11.3. The number of H-pyrrole nitrogens is 1. The van der Waals surface area contributed by atoms with Crippen LogP contribution in [-0.4, -0.2) is 9.55 Å². The summed E-state index contributed by atoms with van der Waals surface area (Å²) in [6.07, 6.45) is 4.98. The van der Waals surface area contributed by atoms with Gasteiger partial charge in [0, 0.05) is 12.7 Å². The number of nitrogens with zero attached hydrogens (tertiary/aromatic N) is 1. The Balaban J connectivity index is 2.28. The normalized spacial score (nSPS) is 16.6. The zero-order valence-corrected chi connectivity index (χ0v) is 7.82. The number of hydrogen-bond donors (Lipinski definition) is 2. The molecular formula is C9H13N3O2. The fourth-order valence-electron chi connectivity index (χ4n) is 1.62. The van der Waals surface area contributed by atoms with Gasteiger partial charge in [-0.15, -0.1) is 0 Å². The van der Waals surface area contributed by atoms with E-state index in [4.69, 9.17) is 5.73 Å². The van der Waals surface area contributed by atoms with Gasteiger partial charge in [0.2, 0.25) is 0 Å². The van der Waals surface area contributed by atoms with Gasteiger partial charge in [0.1, 0.15) is 5.69 Å². The van der Waals surface area contributed by atoms with E-state index in [1.165, 1.54) is 17.2 Å². The van der Waals surface area contributed by atoms with E-state index in [1.54, 1.807) is 0 Å². The summed E-state index contributed by atoms with van der Waals surface area (Å²) in [4.78, 5) is 24.5. The van der Waals surface area contributed by atoms with Crippen molar-refractivity contribution < 1.29 is 0 Å². The lowest BCUT2D eigenvalue weighted by Gasteiger charge is -2.25. The minimum Gasteiger partial charge on any atom is -0.393 e. The molecule has 76 valence electrons. The van der Waals surface area contributed by atoms with E-state index in [9.17, 15) is 9.59 Å². The first-order valence-corrected chi connectivity index (χ1v) is 4.76. The van der Waals surface area contributed by atoms with Crippen molar-refractivity contribution in [3.63, 3.8) is 0 Å². The predicted molar refractivity (Wildman–Crippen MR) is 53.1 cm³/mol. The van der Waals surface area contributed by atoms with Gasteiger partial charge in [0.15, 0.2) is 0 Å². The summed E-state index contributed by atoms with van der Waals surface area (Å²) in [5.41, 5.74) is 4.66. The van der Waals surface area contributed by atoms with Crippen molar-refractivity contribution >= 4 is 5.69 Å². The van der Waals surface area contributed by atoms with E-state index in [1.807, 2.05) is 0 Å². The van der Waals surface area contributed by atoms with Crippen molar-refractivity contribution in [1.82, 2.24) is 9.55 Å². The highest BCUT2D eigenvalue weighted by Crippen LogP contribution is 2.27. The first-order chi connectivity index (χ1) is 6.66. The van der Waals surface area contributed by atoms with Crippen LogP contribution in [-0.2, 0) is 6.54 Å². The Hall–Kier alpha value is -1.52. The van der Waals surface area contributed by atoms with Crippen LogP contribution >= 0.6 is 0 Å². The van der Waals surface area contributed by atoms with Crippen molar-refractivity contribution in [2.75, 3.05) is 5.73 Å². The maximum Gasteiger partial charge on any atom is 0.328 e. The fourth-order valence-corrected chi connectivity index (χ4v) is 1.62. The predicted octanol–water partition coefficient (Wildman–Crippen LogP) is -0.0811. The molecular weight excluding hydrogens is 182 g/mol. The van der Waals surface area contributed by atoms with Crippen LogP contribution in [0.15, 0.2) is 15.8 Å². The van der Waals surface area contributed by atoms with Crippen LogP contribution in [0.4, 0.5) is 5.69 Å². The summed E-state index contributed by atoms with van der Waals surface area (Å²) in [6, 6.07) is 0. The first kappa shape index (κ1) is 9.05. The van der Waals surface area contributed by atoms with E-state index < -0.39 is 5.56 Å². The molecule has 0 bridgehead atoms. The molecule has 0 aliphatic heterocycles. The van der Waals surface area contributed by atoms with Gasteiger partial charge < -0.3 is 5.73 Å². The highest BCUT2D eigenvalue weighted by Gasteiger charge is 2.18. The van der Waals surface area contributed by atoms with Gasteiger partial charge in [-0.2, -0.15) is 0 Å². The minimum atomic E-state index is -0.500. The van der Waals surface area contributed by atoms with Gasteiger partial charge in [-0.25, -0.2) is 4.79 Å². The molecule has 0 aromatic carbocycles. The lowest BCUT2D eigenvalue weighted by molar-refractivity contribution is 0.272. The topological polar surface area (TPSA) is 80.9 Å². The standard InChI is InChI=1S/C9H13N3O2/c10-7-5-12(4-6-2-1-3-6)9(14)11-8(7)13/h5-6H,1-4,10H2,(H,11,13,14). The number of aromatic nitrogens is 2. The molecule has 2 rings (SSSR count). The van der Waals surface area contributed by atoms with Crippen molar-refractivity contribution in [2.24, 2.45) is 5.92 Å². The average Bonchev–Trinajstić information content (AvgIpc) is 2.06. The summed E-state index contributed by atoms with van der Waals surface area (Å²) >= 11 is 0. The lowest BCUT2D eigenvalue weighted by Crippen LogP contribution is -2.33. The number of rotatable bonds is 2. The van der Waals surface area contributed by atoms with Crippen LogP contribution in [0.1, 0.15) is 19.3 Å². The van der Waals surface area contributed by atoms with Crippen molar-refractivity contribution in [3.05, 3.63) is 27.0 Å². The molecule has 1 aliphatic carbocycles. The van der Waals surface area contributed by atoms with Gasteiger partial charge in [-0.3, -0.25) is 14.3 Å². The van der Waals surface area contributed by atoms with Crippen LogP contribution in [0, 0.1) is 5.92 Å². The van der Waals surface area contributed by atoms with E-state index in [-0.39, 0.29) is 11.4 Å². The minimum absolute atomic E-state index is 0.101. The third-order valence-electron chi connectivity index (χ3n) is 2.72. The highest BCUT2D eigenvalue weighted by atomic mass is 16.2. The molecule has 1 fully saturated rings. The molecule has 0 amide bonds. The number of nitrogen functional groups attached to an aromatic ring is 1. The molecule has 5 heteroatoms. The summed E-state index contributed by atoms with van der Waals surface area (Å²) in [5, 5.41) is 0. The summed E-state index contributed by atoms with van der Waals surface area (Å²) in [5.74, 6) is 0.568. The molecule has 1 aromatic heterocycles. The van der Waals surface area contributed by atoms with E-state index in [0.717, 1.165) is 12.8 Å². The molecule has 0 radical (unpaired) electrons. The van der Waals surface area contributed by atoms with Crippen molar-refractivity contribution in [2.45, 2.75) is 25.8 Å². The van der Waals surface area contributed by atoms with Gasteiger partial charge in [-0.1, -0.05) is 6.42 Å². The Morgan fingerprint density at radius 1 is 1.50 bits per heavy atom. The SMILES string of the molecule is Nc1cn(CC2CCC2)c(=O)[nH]c1=O. The highest BCUT2D eigenvalue weighted by molar-refractivity contribution is 5.30. The molecule has 1 aliphatic rings. The van der Waals surface area contributed by atoms with Crippen LogP contribution < -0.4 is 17.0 Å². The maximum absolute atomic E-state index is 11.3. The second-order valence-corrected chi connectivity index (χ2v) is 3.79. The molecule has 0 unspecified atom stereocenters. The number of nitrogens with one attached hydrogen (secondary N) is 1. The second-order valence-electron chi connectivity index (χ2n) is 3.79. The number of anilines is 1. The zero-order valence-electron chi connectivity index (χ0n) is 7.82. The summed E-state index contributed by atoms with van der Waals surface area (Å²) < 4.78 is 1.49. The lowest BCUT2D eigenvalue weighted by atomic mass is 9.85. The number of nitrogens with two attached hydrogens (primary N) is 1.